The van der Waals surface area contributed by atoms with Gasteiger partial charge < -0.3 is 10.3 Å². The molecule has 0 aliphatic carbocycles. The second kappa shape index (κ2) is 4.66. The maximum absolute atomic E-state index is 13.7. The van der Waals surface area contributed by atoms with Crippen molar-refractivity contribution in [1.29, 1.82) is 0 Å². The van der Waals surface area contributed by atoms with Crippen molar-refractivity contribution in [1.82, 2.24) is 4.57 Å². The minimum absolute atomic E-state index is 0.140. The average molecular weight is 220 g/mol. The van der Waals surface area contributed by atoms with Crippen LogP contribution >= 0.6 is 0 Å². The molecule has 16 heavy (non-hydrogen) atoms. The van der Waals surface area contributed by atoms with E-state index in [0.29, 0.717) is 6.54 Å². The van der Waals surface area contributed by atoms with Gasteiger partial charge in [0.25, 0.3) is 0 Å². The molecule has 2 aromatic rings. The normalized spacial score (nSPS) is 11.2. The molecule has 0 fully saturated rings. The molecule has 0 aliphatic rings. The van der Waals surface area contributed by atoms with Crippen molar-refractivity contribution in [3.05, 3.63) is 35.8 Å². The van der Waals surface area contributed by atoms with E-state index in [1.807, 2.05) is 23.8 Å². The van der Waals surface area contributed by atoms with Gasteiger partial charge in [-0.05, 0) is 37.9 Å². The Kier molecular flexibility index (Phi) is 3.25. The quantitative estimate of drug-likeness (QED) is 0.843. The van der Waals surface area contributed by atoms with E-state index in [0.717, 1.165) is 30.3 Å². The SMILES string of the molecule is CCn1cc(CCCN)c2cccc(F)c21. The second-order valence-electron chi connectivity index (χ2n) is 3.97. The van der Waals surface area contributed by atoms with Crippen LogP contribution in [0.4, 0.5) is 4.39 Å². The van der Waals surface area contributed by atoms with Crippen LogP contribution in [0, 0.1) is 5.82 Å². The molecular formula is C13H17FN2. The van der Waals surface area contributed by atoms with Crippen LogP contribution in [-0.4, -0.2) is 11.1 Å². The molecule has 1 heterocycles. The first-order valence-electron chi connectivity index (χ1n) is 5.74. The van der Waals surface area contributed by atoms with E-state index in [1.54, 1.807) is 6.07 Å². The number of para-hydroxylation sites is 1. The minimum Gasteiger partial charge on any atom is -0.345 e. The first kappa shape index (κ1) is 11.1. The third-order valence-corrected chi connectivity index (χ3v) is 2.92. The Balaban J connectivity index is 2.54. The number of hydrogen-bond acceptors (Lipinski definition) is 1. The largest absolute Gasteiger partial charge is 0.345 e. The number of fused-ring (bicyclic) bond motifs is 1. The summed E-state index contributed by atoms with van der Waals surface area (Å²) in [5, 5.41) is 1.02. The van der Waals surface area contributed by atoms with Gasteiger partial charge in [0.1, 0.15) is 5.82 Å². The number of aromatic nitrogens is 1. The van der Waals surface area contributed by atoms with Crippen molar-refractivity contribution in [2.75, 3.05) is 6.54 Å². The Morgan fingerprint density at radius 1 is 1.38 bits per heavy atom. The van der Waals surface area contributed by atoms with Gasteiger partial charge in [-0.25, -0.2) is 4.39 Å². The molecule has 1 aromatic carbocycles. The van der Waals surface area contributed by atoms with Gasteiger partial charge in [-0.1, -0.05) is 12.1 Å². The zero-order chi connectivity index (χ0) is 11.5. The standard InChI is InChI=1S/C13H17FN2/c1-2-16-9-10(5-4-8-15)11-6-3-7-12(14)13(11)16/h3,6-7,9H,2,4-5,8,15H2,1H3. The Labute approximate surface area is 94.9 Å². The lowest BCUT2D eigenvalue weighted by Gasteiger charge is -2.00. The summed E-state index contributed by atoms with van der Waals surface area (Å²) in [4.78, 5) is 0. The van der Waals surface area contributed by atoms with Crippen molar-refractivity contribution in [3.8, 4) is 0 Å². The van der Waals surface area contributed by atoms with Crippen LogP contribution in [0.1, 0.15) is 18.9 Å². The van der Waals surface area contributed by atoms with E-state index in [9.17, 15) is 4.39 Å². The Bertz CT molecular complexity index is 488. The number of aryl methyl sites for hydroxylation is 2. The molecule has 1 aromatic heterocycles. The fraction of sp³-hybridized carbons (Fsp3) is 0.385. The van der Waals surface area contributed by atoms with E-state index in [4.69, 9.17) is 5.73 Å². The molecule has 0 unspecified atom stereocenters. The highest BCUT2D eigenvalue weighted by atomic mass is 19.1. The Morgan fingerprint density at radius 3 is 2.88 bits per heavy atom. The molecule has 0 radical (unpaired) electrons. The summed E-state index contributed by atoms with van der Waals surface area (Å²) in [5.41, 5.74) is 7.42. The van der Waals surface area contributed by atoms with Crippen molar-refractivity contribution >= 4 is 10.9 Å². The van der Waals surface area contributed by atoms with Gasteiger partial charge in [0.2, 0.25) is 0 Å². The van der Waals surface area contributed by atoms with Gasteiger partial charge in [0.15, 0.2) is 0 Å². The lowest BCUT2D eigenvalue weighted by molar-refractivity contribution is 0.626. The van der Waals surface area contributed by atoms with Gasteiger partial charge in [0.05, 0.1) is 5.52 Å². The maximum atomic E-state index is 13.7. The molecule has 2 N–H and O–H groups in total. The fourth-order valence-electron chi connectivity index (χ4n) is 2.13. The number of hydrogen-bond donors (Lipinski definition) is 1. The number of benzene rings is 1. The van der Waals surface area contributed by atoms with E-state index >= 15 is 0 Å². The third-order valence-electron chi connectivity index (χ3n) is 2.92. The van der Waals surface area contributed by atoms with Gasteiger partial charge in [-0.15, -0.1) is 0 Å². The summed E-state index contributed by atoms with van der Waals surface area (Å²) in [6.07, 6.45) is 3.91. The van der Waals surface area contributed by atoms with Crippen LogP contribution in [0.25, 0.3) is 10.9 Å². The highest BCUT2D eigenvalue weighted by Crippen LogP contribution is 2.24. The Morgan fingerprint density at radius 2 is 2.19 bits per heavy atom. The third kappa shape index (κ3) is 1.83. The van der Waals surface area contributed by atoms with Crippen molar-refractivity contribution in [2.24, 2.45) is 5.73 Å². The molecule has 0 atom stereocenters. The van der Waals surface area contributed by atoms with Gasteiger partial charge >= 0.3 is 0 Å². The van der Waals surface area contributed by atoms with Gasteiger partial charge in [0, 0.05) is 18.1 Å². The number of rotatable bonds is 4. The molecule has 0 saturated heterocycles. The number of nitrogens with zero attached hydrogens (tertiary/aromatic N) is 1. The fourth-order valence-corrected chi connectivity index (χ4v) is 2.13. The van der Waals surface area contributed by atoms with Crippen LogP contribution < -0.4 is 5.73 Å². The highest BCUT2D eigenvalue weighted by Gasteiger charge is 2.10. The zero-order valence-electron chi connectivity index (χ0n) is 9.54. The molecule has 2 rings (SSSR count). The summed E-state index contributed by atoms with van der Waals surface area (Å²) in [5.74, 6) is -0.140. The van der Waals surface area contributed by atoms with Gasteiger partial charge in [-0.3, -0.25) is 0 Å². The van der Waals surface area contributed by atoms with Crippen molar-refractivity contribution in [2.45, 2.75) is 26.3 Å². The average Bonchev–Trinajstić information content (AvgIpc) is 2.66. The molecule has 86 valence electrons. The van der Waals surface area contributed by atoms with Crippen LogP contribution in [0.5, 0.6) is 0 Å². The molecule has 0 amide bonds. The topological polar surface area (TPSA) is 30.9 Å². The summed E-state index contributed by atoms with van der Waals surface area (Å²) in [6.45, 7) is 3.49. The molecule has 0 saturated carbocycles. The van der Waals surface area contributed by atoms with E-state index in [-0.39, 0.29) is 5.82 Å². The van der Waals surface area contributed by atoms with E-state index in [1.165, 1.54) is 11.6 Å². The lowest BCUT2D eigenvalue weighted by atomic mass is 10.1. The van der Waals surface area contributed by atoms with Gasteiger partial charge in [-0.2, -0.15) is 0 Å². The van der Waals surface area contributed by atoms with Crippen LogP contribution in [0.3, 0.4) is 0 Å². The molecule has 0 bridgehead atoms. The van der Waals surface area contributed by atoms with Crippen molar-refractivity contribution < 1.29 is 4.39 Å². The second-order valence-corrected chi connectivity index (χ2v) is 3.97. The number of halogens is 1. The Hall–Kier alpha value is -1.35. The molecule has 2 nitrogen and oxygen atoms in total. The number of nitrogens with two attached hydrogens (primary N) is 1. The molecule has 3 heteroatoms. The van der Waals surface area contributed by atoms with E-state index < -0.39 is 0 Å². The zero-order valence-corrected chi connectivity index (χ0v) is 9.54. The predicted molar refractivity (Wildman–Crippen MR) is 64.9 cm³/mol. The van der Waals surface area contributed by atoms with Crippen LogP contribution in [-0.2, 0) is 13.0 Å². The highest BCUT2D eigenvalue weighted by molar-refractivity contribution is 5.84. The lowest BCUT2D eigenvalue weighted by Crippen LogP contribution is -1.99. The van der Waals surface area contributed by atoms with Crippen molar-refractivity contribution in [3.63, 3.8) is 0 Å². The predicted octanol–water partition coefficient (Wildman–Crippen LogP) is 2.69. The van der Waals surface area contributed by atoms with Crippen LogP contribution in [0.2, 0.25) is 0 Å². The molecular weight excluding hydrogens is 203 g/mol. The smallest absolute Gasteiger partial charge is 0.147 e. The van der Waals surface area contributed by atoms with E-state index in [2.05, 4.69) is 0 Å². The summed E-state index contributed by atoms with van der Waals surface area (Å²) in [6, 6.07) is 5.27. The first-order valence-corrected chi connectivity index (χ1v) is 5.74. The monoisotopic (exact) mass is 220 g/mol. The minimum atomic E-state index is -0.140. The summed E-state index contributed by atoms with van der Waals surface area (Å²) < 4.78 is 15.7. The first-order chi connectivity index (χ1) is 7.77. The summed E-state index contributed by atoms with van der Waals surface area (Å²) in [7, 11) is 0. The molecule has 0 spiro atoms. The maximum Gasteiger partial charge on any atom is 0.147 e. The molecule has 0 aliphatic heterocycles. The van der Waals surface area contributed by atoms with Crippen LogP contribution in [0.15, 0.2) is 24.4 Å². The summed E-state index contributed by atoms with van der Waals surface area (Å²) >= 11 is 0.